The molecule has 0 spiro atoms. The van der Waals surface area contributed by atoms with E-state index in [9.17, 15) is 4.79 Å². The largest absolute Gasteiger partial charge is 0.481 e. The van der Waals surface area contributed by atoms with E-state index >= 15 is 0 Å². The molecule has 0 aliphatic carbocycles. The molecule has 0 N–H and O–H groups in total. The lowest BCUT2D eigenvalue weighted by molar-refractivity contribution is 0.0628. The normalized spacial score (nSPS) is 16.6. The molecule has 0 unspecified atom stereocenters. The Kier molecular flexibility index (Phi) is 4.62. The Morgan fingerprint density at radius 3 is 2.65 bits per heavy atom. The standard InChI is InChI=1S/C19H21N3O4/c1-24-18-5-2-14(11-20-18)12-21-6-8-22(9-7-21)19(23)15-3-4-16-17(10-15)26-13-25-16/h2-5,10-11H,6-9,12-13H2,1H3. The summed E-state index contributed by atoms with van der Waals surface area (Å²) >= 11 is 0. The number of aromatic nitrogens is 1. The molecule has 0 saturated carbocycles. The third-order valence-electron chi connectivity index (χ3n) is 4.69. The van der Waals surface area contributed by atoms with Gasteiger partial charge in [-0.2, -0.15) is 0 Å². The number of methoxy groups -OCH3 is 1. The van der Waals surface area contributed by atoms with Crippen LogP contribution in [0.15, 0.2) is 36.5 Å². The van der Waals surface area contributed by atoms with Crippen LogP contribution >= 0.6 is 0 Å². The van der Waals surface area contributed by atoms with Crippen LogP contribution in [-0.2, 0) is 6.54 Å². The van der Waals surface area contributed by atoms with Crippen LogP contribution in [0.4, 0.5) is 0 Å². The van der Waals surface area contributed by atoms with E-state index in [-0.39, 0.29) is 12.7 Å². The van der Waals surface area contributed by atoms with Gasteiger partial charge in [-0.3, -0.25) is 9.69 Å². The van der Waals surface area contributed by atoms with E-state index in [4.69, 9.17) is 14.2 Å². The molecule has 1 amide bonds. The smallest absolute Gasteiger partial charge is 0.254 e. The number of ether oxygens (including phenoxy) is 3. The molecular weight excluding hydrogens is 334 g/mol. The Bertz CT molecular complexity index is 786. The average Bonchev–Trinajstić information content (AvgIpc) is 3.16. The zero-order chi connectivity index (χ0) is 17.9. The second-order valence-corrected chi connectivity index (χ2v) is 6.35. The van der Waals surface area contributed by atoms with Crippen molar-refractivity contribution < 1.29 is 19.0 Å². The number of fused-ring (bicyclic) bond motifs is 1. The molecule has 26 heavy (non-hydrogen) atoms. The number of benzene rings is 1. The molecule has 0 bridgehead atoms. The summed E-state index contributed by atoms with van der Waals surface area (Å²) in [5, 5.41) is 0. The molecule has 2 aliphatic rings. The SMILES string of the molecule is COc1ccc(CN2CCN(C(=O)c3ccc4c(c3)OCO4)CC2)cn1. The number of pyridine rings is 1. The Morgan fingerprint density at radius 2 is 1.92 bits per heavy atom. The molecule has 1 aromatic carbocycles. The third-order valence-corrected chi connectivity index (χ3v) is 4.69. The Morgan fingerprint density at radius 1 is 1.12 bits per heavy atom. The van der Waals surface area contributed by atoms with Crippen LogP contribution in [0.1, 0.15) is 15.9 Å². The van der Waals surface area contributed by atoms with Crippen molar-refractivity contribution in [3.8, 4) is 17.4 Å². The van der Waals surface area contributed by atoms with Crippen LogP contribution < -0.4 is 14.2 Å². The lowest BCUT2D eigenvalue weighted by Crippen LogP contribution is -2.48. The van der Waals surface area contributed by atoms with Crippen LogP contribution in [0.25, 0.3) is 0 Å². The van der Waals surface area contributed by atoms with Crippen LogP contribution in [0.5, 0.6) is 17.4 Å². The van der Waals surface area contributed by atoms with Crippen molar-refractivity contribution in [1.29, 1.82) is 0 Å². The molecule has 0 atom stereocenters. The van der Waals surface area contributed by atoms with Gasteiger partial charge in [-0.1, -0.05) is 6.07 Å². The fourth-order valence-corrected chi connectivity index (χ4v) is 3.20. The zero-order valence-electron chi connectivity index (χ0n) is 14.7. The van der Waals surface area contributed by atoms with E-state index in [0.29, 0.717) is 36.0 Å². The lowest BCUT2D eigenvalue weighted by atomic mass is 10.1. The summed E-state index contributed by atoms with van der Waals surface area (Å²) in [6, 6.07) is 9.25. The molecule has 2 aromatic rings. The third kappa shape index (κ3) is 3.43. The summed E-state index contributed by atoms with van der Waals surface area (Å²) < 4.78 is 15.7. The highest BCUT2D eigenvalue weighted by Crippen LogP contribution is 2.32. The minimum absolute atomic E-state index is 0.0362. The maximum absolute atomic E-state index is 12.7. The van der Waals surface area contributed by atoms with Crippen molar-refractivity contribution in [3.05, 3.63) is 47.7 Å². The van der Waals surface area contributed by atoms with E-state index < -0.39 is 0 Å². The van der Waals surface area contributed by atoms with Gasteiger partial charge in [-0.15, -0.1) is 0 Å². The Balaban J connectivity index is 1.33. The first-order valence-electron chi connectivity index (χ1n) is 8.63. The number of hydrogen-bond donors (Lipinski definition) is 0. The van der Waals surface area contributed by atoms with E-state index in [1.54, 1.807) is 25.3 Å². The molecule has 0 radical (unpaired) electrons. The van der Waals surface area contributed by atoms with Crippen molar-refractivity contribution >= 4 is 5.91 Å². The first kappa shape index (κ1) is 16.7. The Labute approximate surface area is 152 Å². The topological polar surface area (TPSA) is 64.1 Å². The summed E-state index contributed by atoms with van der Waals surface area (Å²) in [7, 11) is 1.61. The maximum Gasteiger partial charge on any atom is 0.254 e. The lowest BCUT2D eigenvalue weighted by Gasteiger charge is -2.34. The highest BCUT2D eigenvalue weighted by atomic mass is 16.7. The van der Waals surface area contributed by atoms with Gasteiger partial charge in [0.15, 0.2) is 11.5 Å². The number of piperazine rings is 1. The predicted molar refractivity (Wildman–Crippen MR) is 94.5 cm³/mol. The molecule has 1 fully saturated rings. The van der Waals surface area contributed by atoms with Gasteiger partial charge in [0, 0.05) is 50.6 Å². The molecule has 2 aliphatic heterocycles. The molecule has 1 aromatic heterocycles. The van der Waals surface area contributed by atoms with Gasteiger partial charge in [-0.05, 0) is 23.8 Å². The minimum Gasteiger partial charge on any atom is -0.481 e. The quantitative estimate of drug-likeness (QED) is 0.833. The fraction of sp³-hybridized carbons (Fsp3) is 0.368. The summed E-state index contributed by atoms with van der Waals surface area (Å²) in [5.41, 5.74) is 1.78. The highest BCUT2D eigenvalue weighted by molar-refractivity contribution is 5.95. The minimum atomic E-state index is 0.0362. The van der Waals surface area contributed by atoms with E-state index in [2.05, 4.69) is 9.88 Å². The second kappa shape index (κ2) is 7.21. The van der Waals surface area contributed by atoms with Crippen molar-refractivity contribution in [2.24, 2.45) is 0 Å². The number of carbonyl (C=O) groups is 1. The predicted octanol–water partition coefficient (Wildman–Crippen LogP) is 1.78. The number of hydrogen-bond acceptors (Lipinski definition) is 6. The van der Waals surface area contributed by atoms with E-state index in [1.165, 1.54) is 0 Å². The Hall–Kier alpha value is -2.80. The fourth-order valence-electron chi connectivity index (χ4n) is 3.20. The molecule has 4 rings (SSSR count). The van der Waals surface area contributed by atoms with Gasteiger partial charge in [0.25, 0.3) is 5.91 Å². The molecular formula is C19H21N3O4. The summed E-state index contributed by atoms with van der Waals surface area (Å²) in [5.74, 6) is 1.99. The monoisotopic (exact) mass is 355 g/mol. The number of nitrogens with zero attached hydrogens (tertiary/aromatic N) is 3. The van der Waals surface area contributed by atoms with Crippen LogP contribution in [0, 0.1) is 0 Å². The van der Waals surface area contributed by atoms with Crippen molar-refractivity contribution in [3.63, 3.8) is 0 Å². The first-order chi connectivity index (χ1) is 12.7. The van der Waals surface area contributed by atoms with Crippen LogP contribution in [-0.4, -0.2) is 60.8 Å². The van der Waals surface area contributed by atoms with E-state index in [0.717, 1.165) is 25.2 Å². The zero-order valence-corrected chi connectivity index (χ0v) is 14.7. The number of carbonyl (C=O) groups excluding carboxylic acids is 1. The molecule has 7 heteroatoms. The number of rotatable bonds is 4. The van der Waals surface area contributed by atoms with Crippen molar-refractivity contribution in [1.82, 2.24) is 14.8 Å². The highest BCUT2D eigenvalue weighted by Gasteiger charge is 2.24. The van der Waals surface area contributed by atoms with Gasteiger partial charge < -0.3 is 19.1 Å². The van der Waals surface area contributed by atoms with Crippen LogP contribution in [0.3, 0.4) is 0 Å². The summed E-state index contributed by atoms with van der Waals surface area (Å²) in [4.78, 5) is 21.2. The van der Waals surface area contributed by atoms with Crippen molar-refractivity contribution in [2.45, 2.75) is 6.54 Å². The first-order valence-corrected chi connectivity index (χ1v) is 8.63. The second-order valence-electron chi connectivity index (χ2n) is 6.35. The van der Waals surface area contributed by atoms with Crippen LogP contribution in [0.2, 0.25) is 0 Å². The molecule has 3 heterocycles. The maximum atomic E-state index is 12.7. The molecule has 1 saturated heterocycles. The van der Waals surface area contributed by atoms with E-state index in [1.807, 2.05) is 23.2 Å². The molecule has 7 nitrogen and oxygen atoms in total. The average molecular weight is 355 g/mol. The van der Waals surface area contributed by atoms with Gasteiger partial charge in [0.2, 0.25) is 12.7 Å². The van der Waals surface area contributed by atoms with Crippen molar-refractivity contribution in [2.75, 3.05) is 40.1 Å². The van der Waals surface area contributed by atoms with Gasteiger partial charge in [0.1, 0.15) is 0 Å². The van der Waals surface area contributed by atoms with Gasteiger partial charge in [0.05, 0.1) is 7.11 Å². The van der Waals surface area contributed by atoms with Gasteiger partial charge in [-0.25, -0.2) is 4.98 Å². The van der Waals surface area contributed by atoms with Gasteiger partial charge >= 0.3 is 0 Å². The summed E-state index contributed by atoms with van der Waals surface area (Å²) in [6.07, 6.45) is 1.84. The molecule has 136 valence electrons. The summed E-state index contributed by atoms with van der Waals surface area (Å²) in [6.45, 7) is 4.12. The number of amides is 1.